The van der Waals surface area contributed by atoms with Crippen LogP contribution in [0.3, 0.4) is 0 Å². The van der Waals surface area contributed by atoms with Crippen LogP contribution >= 0.6 is 0 Å². The van der Waals surface area contributed by atoms with Gasteiger partial charge in [0.15, 0.2) is 12.6 Å². The van der Waals surface area contributed by atoms with Crippen molar-refractivity contribution in [1.29, 1.82) is 0 Å². The van der Waals surface area contributed by atoms with Crippen LogP contribution in [0.4, 0.5) is 0 Å². The van der Waals surface area contributed by atoms with Gasteiger partial charge in [0.1, 0.15) is 23.9 Å². The Morgan fingerprint density at radius 2 is 1.68 bits per heavy atom. The molecule has 3 aliphatic heterocycles. The van der Waals surface area contributed by atoms with Crippen LogP contribution in [-0.2, 0) is 23.7 Å². The van der Waals surface area contributed by atoms with Gasteiger partial charge in [0, 0.05) is 18.0 Å². The minimum atomic E-state index is -1.52. The highest BCUT2D eigenvalue weighted by atomic mass is 16.7. The molecule has 11 nitrogen and oxygen atoms in total. The number of nitrogens with one attached hydrogen (secondary N) is 1. The molecule has 1 amide bonds. The lowest BCUT2D eigenvalue weighted by Gasteiger charge is -2.44. The normalized spacial score (nSPS) is 34.8. The number of hydrogen-bond acceptors (Lipinski definition) is 10. The number of amides is 1. The van der Waals surface area contributed by atoms with Crippen LogP contribution in [0.25, 0.3) is 0 Å². The largest absolute Gasteiger partial charge is 0.391 e. The van der Waals surface area contributed by atoms with E-state index in [2.05, 4.69) is 25.2 Å². The van der Waals surface area contributed by atoms with Crippen molar-refractivity contribution in [2.75, 3.05) is 20.7 Å². The molecular formula is C45H69N3O8. The number of ether oxygens (including phenoxy) is 4. The summed E-state index contributed by atoms with van der Waals surface area (Å²) in [5.41, 5.74) is 8.69. The fraction of sp³-hybridized carbons (Fsp3) is 0.578. The number of aliphatic hydroxyl groups excluding tert-OH is 2. The Hall–Kier alpha value is -3.23. The predicted molar refractivity (Wildman–Crippen MR) is 223 cm³/mol. The average molecular weight is 780 g/mol. The Morgan fingerprint density at radius 3 is 2.36 bits per heavy atom. The number of allylic oxidation sites excluding steroid dienone is 14. The number of carbonyl (C=O) groups is 1. The summed E-state index contributed by atoms with van der Waals surface area (Å²) in [6, 6.07) is -1.22. The molecule has 3 rings (SSSR count). The summed E-state index contributed by atoms with van der Waals surface area (Å²) in [6.45, 7) is 15.6. The zero-order chi connectivity index (χ0) is 41.6. The van der Waals surface area contributed by atoms with E-state index in [1.165, 1.54) is 0 Å². The Morgan fingerprint density at radius 1 is 0.982 bits per heavy atom. The van der Waals surface area contributed by atoms with E-state index < -0.39 is 48.6 Å². The van der Waals surface area contributed by atoms with E-state index in [0.717, 1.165) is 22.3 Å². The van der Waals surface area contributed by atoms with Crippen LogP contribution in [-0.4, -0.2) is 114 Å². The van der Waals surface area contributed by atoms with Crippen molar-refractivity contribution in [2.45, 2.75) is 141 Å². The first-order valence-electron chi connectivity index (χ1n) is 19.9. The molecule has 11 atom stereocenters. The summed E-state index contributed by atoms with van der Waals surface area (Å²) in [4.78, 5) is 15.2. The first-order valence-corrected chi connectivity index (χ1v) is 19.9. The average Bonchev–Trinajstić information content (AvgIpc) is 3.10. The van der Waals surface area contributed by atoms with Crippen molar-refractivity contribution in [3.63, 3.8) is 0 Å². The quantitative estimate of drug-likeness (QED) is 0.225. The van der Waals surface area contributed by atoms with Gasteiger partial charge in [-0.3, -0.25) is 4.79 Å². The highest BCUT2D eigenvalue weighted by Crippen LogP contribution is 2.29. The molecule has 2 saturated heterocycles. The summed E-state index contributed by atoms with van der Waals surface area (Å²) >= 11 is 0. The van der Waals surface area contributed by atoms with E-state index >= 15 is 0 Å². The minimum Gasteiger partial charge on any atom is -0.391 e. The Bertz CT molecular complexity index is 1540. The molecule has 0 saturated carbocycles. The van der Waals surface area contributed by atoms with E-state index in [0.29, 0.717) is 18.8 Å². The second-order valence-electron chi connectivity index (χ2n) is 16.2. The molecule has 2 fully saturated rings. The van der Waals surface area contributed by atoms with Crippen LogP contribution in [0.5, 0.6) is 0 Å². The maximum atomic E-state index is 13.3. The van der Waals surface area contributed by atoms with Crippen LogP contribution in [0.2, 0.25) is 0 Å². The summed E-state index contributed by atoms with van der Waals surface area (Å²) < 4.78 is 24.4. The highest BCUT2D eigenvalue weighted by Gasteiger charge is 2.44. The van der Waals surface area contributed by atoms with Gasteiger partial charge in [-0.05, 0) is 74.4 Å². The van der Waals surface area contributed by atoms with Gasteiger partial charge >= 0.3 is 0 Å². The zero-order valence-electron chi connectivity index (χ0n) is 35.2. The third-order valence-corrected chi connectivity index (χ3v) is 9.95. The lowest BCUT2D eigenvalue weighted by atomic mass is 9.96. The molecule has 0 bridgehead atoms. The Labute approximate surface area is 335 Å². The molecule has 312 valence electrons. The van der Waals surface area contributed by atoms with E-state index in [4.69, 9.17) is 24.7 Å². The van der Waals surface area contributed by atoms with Crippen molar-refractivity contribution >= 4 is 5.91 Å². The molecule has 0 aromatic rings. The first kappa shape index (κ1) is 47.1. The molecule has 3 aliphatic rings. The van der Waals surface area contributed by atoms with Gasteiger partial charge in [0.25, 0.3) is 0 Å². The number of rotatable bonds is 7. The number of aliphatic hydroxyl groups is 3. The fourth-order valence-corrected chi connectivity index (χ4v) is 6.83. The van der Waals surface area contributed by atoms with Crippen molar-refractivity contribution in [1.82, 2.24) is 10.2 Å². The lowest BCUT2D eigenvalue weighted by Crippen LogP contribution is -2.62. The lowest BCUT2D eigenvalue weighted by molar-refractivity contribution is -0.301. The first-order chi connectivity index (χ1) is 26.4. The van der Waals surface area contributed by atoms with Crippen LogP contribution in [0.1, 0.15) is 74.7 Å². The molecule has 0 aromatic heterocycles. The van der Waals surface area contributed by atoms with Gasteiger partial charge in [0.05, 0.1) is 30.9 Å². The van der Waals surface area contributed by atoms with Crippen molar-refractivity contribution < 1.29 is 39.1 Å². The maximum Gasteiger partial charge on any atom is 0.247 e. The van der Waals surface area contributed by atoms with Gasteiger partial charge in [-0.15, -0.1) is 0 Å². The standard InChI is InChI=1S/C45H69N3O8/c1-29(2)25-35-26-32(5)18-12-11-15-24-45(8,52)38(21-14-13-17-30(3)19-16-20-31(4)22-23-33(6)47-43(35)51)56-44-40(46)42(50)37(28-53-44)55-39-27-36(49)41(48(9)10)34(7)54-39/h11-22,24,26,29,33-34,36-42,44,49-50,52H,23,25,27-28,46H2,1-10H3,(H,47,51). The van der Waals surface area contributed by atoms with Gasteiger partial charge in [-0.2, -0.15) is 0 Å². The van der Waals surface area contributed by atoms with Crippen molar-refractivity contribution in [2.24, 2.45) is 11.7 Å². The predicted octanol–water partition coefficient (Wildman–Crippen LogP) is 5.48. The number of likely N-dealkylation sites (N-methyl/N-ethyl adjacent to an activating group) is 1. The summed E-state index contributed by atoms with van der Waals surface area (Å²) in [7, 11) is 3.78. The molecule has 0 radical (unpaired) electrons. The Balaban J connectivity index is 1.85. The van der Waals surface area contributed by atoms with E-state index in [-0.39, 0.29) is 37.1 Å². The molecule has 11 unspecified atom stereocenters. The van der Waals surface area contributed by atoms with Gasteiger partial charge in [-0.25, -0.2) is 0 Å². The molecule has 56 heavy (non-hydrogen) atoms. The summed E-state index contributed by atoms with van der Waals surface area (Å²) in [6.07, 6.45) is 22.2. The second kappa shape index (κ2) is 22.6. The molecule has 6 N–H and O–H groups in total. The molecule has 0 aliphatic carbocycles. The van der Waals surface area contributed by atoms with Gasteiger partial charge in [0.2, 0.25) is 5.91 Å². The zero-order valence-corrected chi connectivity index (χ0v) is 35.2. The van der Waals surface area contributed by atoms with E-state index in [1.807, 2.05) is 102 Å². The Kier molecular flexibility index (Phi) is 19.1. The molecule has 11 heteroatoms. The molecule has 3 heterocycles. The smallest absolute Gasteiger partial charge is 0.247 e. The monoisotopic (exact) mass is 780 g/mol. The topological polar surface area (TPSA) is 156 Å². The third kappa shape index (κ3) is 15.3. The van der Waals surface area contributed by atoms with Gasteiger partial charge < -0.3 is 50.2 Å². The second-order valence-corrected chi connectivity index (χ2v) is 16.2. The third-order valence-electron chi connectivity index (χ3n) is 9.95. The van der Waals surface area contributed by atoms with Crippen molar-refractivity contribution in [3.8, 4) is 0 Å². The van der Waals surface area contributed by atoms with E-state index in [1.54, 1.807) is 37.3 Å². The number of nitrogens with two attached hydrogens (primary N) is 1. The minimum absolute atomic E-state index is 0.0248. The van der Waals surface area contributed by atoms with Crippen molar-refractivity contribution in [3.05, 3.63) is 107 Å². The summed E-state index contributed by atoms with van der Waals surface area (Å²) in [5.74, 6) is 0.242. The van der Waals surface area contributed by atoms with Crippen LogP contribution in [0, 0.1) is 5.92 Å². The van der Waals surface area contributed by atoms with Crippen LogP contribution < -0.4 is 11.1 Å². The van der Waals surface area contributed by atoms with Crippen LogP contribution in [0.15, 0.2) is 107 Å². The summed E-state index contributed by atoms with van der Waals surface area (Å²) in [5, 5.41) is 36.8. The molecular weight excluding hydrogens is 711 g/mol. The van der Waals surface area contributed by atoms with Gasteiger partial charge in [-0.1, -0.05) is 116 Å². The SMILES string of the molecule is CC1=CC=CC(C)=CCC(C)NC(=O)C(CC(C)C)=CC(C)=CC=CC=CC(C)(O)C(OC2OCC(OC3CC(O)C(N(C)C)C(C)O3)C(O)C2N)C=CC=C1. The maximum absolute atomic E-state index is 13.3. The molecule has 0 aromatic carbocycles. The number of hydrogen-bond donors (Lipinski definition) is 5. The number of carbonyl (C=O) groups excluding carboxylic acids is 1. The van der Waals surface area contributed by atoms with E-state index in [9.17, 15) is 20.1 Å². The number of nitrogens with zero attached hydrogens (tertiary/aromatic N) is 1. The molecule has 0 spiro atoms. The fourth-order valence-electron chi connectivity index (χ4n) is 6.83. The highest BCUT2D eigenvalue weighted by molar-refractivity contribution is 5.94.